The van der Waals surface area contributed by atoms with Crippen LogP contribution in [0.5, 0.6) is 11.5 Å². The predicted octanol–water partition coefficient (Wildman–Crippen LogP) is 4.39. The van der Waals surface area contributed by atoms with E-state index in [1.54, 1.807) is 34.1 Å². The molecule has 152 valence electrons. The van der Waals surface area contributed by atoms with Gasteiger partial charge in [-0.3, -0.25) is 0 Å². The molecule has 0 fully saturated rings. The van der Waals surface area contributed by atoms with E-state index >= 15 is 0 Å². The van der Waals surface area contributed by atoms with Crippen molar-refractivity contribution in [2.45, 2.75) is 38.1 Å². The number of methoxy groups -OCH3 is 2. The lowest BCUT2D eigenvalue weighted by molar-refractivity contribution is 0.379. The lowest BCUT2D eigenvalue weighted by Crippen LogP contribution is -2.43. The van der Waals surface area contributed by atoms with Gasteiger partial charge in [-0.15, -0.1) is 6.58 Å². The molecule has 2 aromatic rings. The minimum atomic E-state index is -3.59. The first kappa shape index (κ1) is 22.0. The van der Waals surface area contributed by atoms with Gasteiger partial charge in [-0.05, 0) is 55.7 Å². The molecule has 0 heterocycles. The van der Waals surface area contributed by atoms with E-state index in [0.29, 0.717) is 6.42 Å². The summed E-state index contributed by atoms with van der Waals surface area (Å²) in [6.07, 6.45) is 2.02. The van der Waals surface area contributed by atoms with Crippen LogP contribution in [0.2, 0.25) is 0 Å². The molecular weight excluding hydrogens is 374 g/mol. The molecule has 0 aliphatic carbocycles. The van der Waals surface area contributed by atoms with Gasteiger partial charge < -0.3 is 9.47 Å². The van der Waals surface area contributed by atoms with Crippen molar-refractivity contribution in [2.75, 3.05) is 14.2 Å². The zero-order chi connectivity index (χ0) is 20.8. The maximum absolute atomic E-state index is 13.4. The Bertz CT molecular complexity index is 822. The number of ether oxygens (including phenoxy) is 2. The molecule has 2 rings (SSSR count). The van der Waals surface area contributed by atoms with Crippen LogP contribution in [0.3, 0.4) is 0 Å². The van der Waals surface area contributed by atoms with Crippen LogP contribution in [0.1, 0.15) is 31.4 Å². The molecule has 0 atom stereocenters. The van der Waals surface area contributed by atoms with E-state index in [9.17, 15) is 8.42 Å². The lowest BCUT2D eigenvalue weighted by atomic mass is 10.1. The molecule has 0 saturated carbocycles. The van der Waals surface area contributed by atoms with E-state index in [0.717, 1.165) is 22.6 Å². The van der Waals surface area contributed by atoms with Gasteiger partial charge in [0, 0.05) is 13.1 Å². The molecule has 0 aliphatic rings. The van der Waals surface area contributed by atoms with E-state index < -0.39 is 14.8 Å². The summed E-state index contributed by atoms with van der Waals surface area (Å²) >= 11 is 0. The van der Waals surface area contributed by atoms with Crippen LogP contribution in [0.4, 0.5) is 0 Å². The molecule has 5 nitrogen and oxygen atoms in total. The SMILES string of the molecule is C=CCC(C)(C)S(=O)(=O)N(Cc1ccc(OC)cc1)Cc1ccc(OC)cc1. The number of rotatable bonds is 10. The molecule has 0 unspecified atom stereocenters. The second-order valence-corrected chi connectivity index (χ2v) is 9.79. The summed E-state index contributed by atoms with van der Waals surface area (Å²) in [7, 11) is -0.382. The molecular formula is C22H29NO4S. The number of nitrogens with zero attached hydrogens (tertiary/aromatic N) is 1. The molecule has 0 spiro atoms. The van der Waals surface area contributed by atoms with Gasteiger partial charge in [0.2, 0.25) is 10.0 Å². The molecule has 28 heavy (non-hydrogen) atoms. The van der Waals surface area contributed by atoms with Gasteiger partial charge in [0.15, 0.2) is 0 Å². The van der Waals surface area contributed by atoms with Crippen LogP contribution in [0.15, 0.2) is 61.2 Å². The van der Waals surface area contributed by atoms with Crippen molar-refractivity contribution >= 4 is 10.0 Å². The Hall–Kier alpha value is -2.31. The normalized spacial score (nSPS) is 12.0. The molecule has 0 saturated heterocycles. The fraction of sp³-hybridized carbons (Fsp3) is 0.364. The minimum absolute atomic E-state index is 0.277. The standard InChI is InChI=1S/C22H29NO4S/c1-6-15-22(2,3)28(24,25)23(16-18-7-11-20(26-4)12-8-18)17-19-9-13-21(27-5)14-10-19/h6-14H,1,15-17H2,2-5H3. The highest BCUT2D eigenvalue weighted by Gasteiger charge is 2.38. The maximum atomic E-state index is 13.4. The average Bonchev–Trinajstić information content (AvgIpc) is 2.68. The number of sulfonamides is 1. The minimum Gasteiger partial charge on any atom is -0.497 e. The third-order valence-electron chi connectivity index (χ3n) is 4.71. The summed E-state index contributed by atoms with van der Waals surface area (Å²) in [6, 6.07) is 14.9. The number of benzene rings is 2. The summed E-state index contributed by atoms with van der Waals surface area (Å²) in [5.41, 5.74) is 1.79. The van der Waals surface area contributed by atoms with Gasteiger partial charge in [-0.25, -0.2) is 8.42 Å². The molecule has 0 amide bonds. The van der Waals surface area contributed by atoms with Crippen molar-refractivity contribution < 1.29 is 17.9 Å². The van der Waals surface area contributed by atoms with Crippen LogP contribution in [0.25, 0.3) is 0 Å². The summed E-state index contributed by atoms with van der Waals surface area (Å²) < 4.78 is 37.8. The zero-order valence-electron chi connectivity index (χ0n) is 17.0. The smallest absolute Gasteiger partial charge is 0.220 e. The Morgan fingerprint density at radius 2 is 1.29 bits per heavy atom. The first-order chi connectivity index (χ1) is 13.2. The van der Waals surface area contributed by atoms with Crippen molar-refractivity contribution in [3.63, 3.8) is 0 Å². The fourth-order valence-corrected chi connectivity index (χ4v) is 4.56. The van der Waals surface area contributed by atoms with Gasteiger partial charge in [-0.1, -0.05) is 30.3 Å². The van der Waals surface area contributed by atoms with Gasteiger partial charge in [0.25, 0.3) is 0 Å². The number of hydrogen-bond donors (Lipinski definition) is 0. The van der Waals surface area contributed by atoms with Gasteiger partial charge >= 0.3 is 0 Å². The predicted molar refractivity (Wildman–Crippen MR) is 113 cm³/mol. The first-order valence-corrected chi connectivity index (χ1v) is 10.5. The second kappa shape index (κ2) is 9.26. The Kier molecular flexibility index (Phi) is 7.27. The summed E-state index contributed by atoms with van der Waals surface area (Å²) in [4.78, 5) is 0. The Morgan fingerprint density at radius 1 is 0.893 bits per heavy atom. The van der Waals surface area contributed by atoms with E-state index in [4.69, 9.17) is 9.47 Å². The van der Waals surface area contributed by atoms with Crippen LogP contribution in [-0.4, -0.2) is 31.7 Å². The summed E-state index contributed by atoms with van der Waals surface area (Å²) in [5.74, 6) is 1.47. The number of allylic oxidation sites excluding steroid dienone is 1. The van der Waals surface area contributed by atoms with Crippen LogP contribution in [-0.2, 0) is 23.1 Å². The monoisotopic (exact) mass is 403 g/mol. The van der Waals surface area contributed by atoms with Crippen LogP contribution < -0.4 is 9.47 Å². The van der Waals surface area contributed by atoms with E-state index in [-0.39, 0.29) is 13.1 Å². The molecule has 0 N–H and O–H groups in total. The molecule has 6 heteroatoms. The van der Waals surface area contributed by atoms with Crippen LogP contribution in [0, 0.1) is 0 Å². The Balaban J connectivity index is 2.36. The lowest BCUT2D eigenvalue weighted by Gasteiger charge is -2.32. The highest BCUT2D eigenvalue weighted by Crippen LogP contribution is 2.29. The third kappa shape index (κ3) is 5.14. The van der Waals surface area contributed by atoms with Crippen molar-refractivity contribution in [2.24, 2.45) is 0 Å². The Labute approximate surface area is 168 Å². The average molecular weight is 404 g/mol. The van der Waals surface area contributed by atoms with Gasteiger partial charge in [0.1, 0.15) is 11.5 Å². The van der Waals surface area contributed by atoms with Gasteiger partial charge in [0.05, 0.1) is 19.0 Å². The van der Waals surface area contributed by atoms with Crippen molar-refractivity contribution in [1.82, 2.24) is 4.31 Å². The highest BCUT2D eigenvalue weighted by atomic mass is 32.2. The zero-order valence-corrected chi connectivity index (χ0v) is 17.8. The Morgan fingerprint density at radius 3 is 1.61 bits per heavy atom. The van der Waals surface area contributed by atoms with Crippen LogP contribution >= 0.6 is 0 Å². The molecule has 2 aromatic carbocycles. The van der Waals surface area contributed by atoms with E-state index in [2.05, 4.69) is 6.58 Å². The molecule has 0 aliphatic heterocycles. The largest absolute Gasteiger partial charge is 0.497 e. The highest BCUT2D eigenvalue weighted by molar-refractivity contribution is 7.90. The van der Waals surface area contributed by atoms with Crippen molar-refractivity contribution in [1.29, 1.82) is 0 Å². The van der Waals surface area contributed by atoms with Crippen molar-refractivity contribution in [3.05, 3.63) is 72.3 Å². The van der Waals surface area contributed by atoms with E-state index in [1.807, 2.05) is 48.5 Å². The quantitative estimate of drug-likeness (QED) is 0.552. The third-order valence-corrected chi connectivity index (χ3v) is 7.21. The topological polar surface area (TPSA) is 55.8 Å². The molecule has 0 aromatic heterocycles. The molecule has 0 bridgehead atoms. The van der Waals surface area contributed by atoms with Crippen molar-refractivity contribution in [3.8, 4) is 11.5 Å². The summed E-state index contributed by atoms with van der Waals surface area (Å²) in [6.45, 7) is 7.74. The van der Waals surface area contributed by atoms with Gasteiger partial charge in [-0.2, -0.15) is 4.31 Å². The molecule has 0 radical (unpaired) electrons. The second-order valence-electron chi connectivity index (χ2n) is 7.22. The fourth-order valence-electron chi connectivity index (χ4n) is 2.90. The maximum Gasteiger partial charge on any atom is 0.220 e. The number of hydrogen-bond acceptors (Lipinski definition) is 4. The van der Waals surface area contributed by atoms with E-state index in [1.165, 1.54) is 4.31 Å². The first-order valence-electron chi connectivity index (χ1n) is 9.10. The summed E-state index contributed by atoms with van der Waals surface area (Å²) in [5, 5.41) is 0.